The first-order valence-electron chi connectivity index (χ1n) is 10.1. The van der Waals surface area contributed by atoms with Crippen molar-refractivity contribution < 1.29 is 22.6 Å². The Bertz CT molecular complexity index is 915. The first-order chi connectivity index (χ1) is 14.6. The van der Waals surface area contributed by atoms with Crippen molar-refractivity contribution in [1.82, 2.24) is 0 Å². The molecule has 5 heteroatoms. The summed E-state index contributed by atoms with van der Waals surface area (Å²) in [4.78, 5) is 0. The molecule has 0 atom stereocenters. The van der Waals surface area contributed by atoms with Gasteiger partial charge in [0, 0.05) is 13.7 Å². The van der Waals surface area contributed by atoms with Gasteiger partial charge in [0.2, 0.25) is 0 Å². The van der Waals surface area contributed by atoms with E-state index in [-0.39, 0.29) is 0 Å². The van der Waals surface area contributed by atoms with Crippen LogP contribution in [0.15, 0.2) is 60.7 Å². The second-order valence-corrected chi connectivity index (χ2v) is 7.11. The van der Waals surface area contributed by atoms with Crippen LogP contribution < -0.4 is 4.74 Å². The van der Waals surface area contributed by atoms with E-state index in [1.54, 1.807) is 19.2 Å². The molecule has 0 spiro atoms. The molecule has 0 unspecified atom stereocenters. The Morgan fingerprint density at radius 2 is 1.07 bits per heavy atom. The summed E-state index contributed by atoms with van der Waals surface area (Å²) in [6.45, 7) is 1.49. The molecule has 0 radical (unpaired) electrons. The van der Waals surface area contributed by atoms with Crippen LogP contribution in [0, 0.1) is 17.5 Å². The normalized spacial score (nSPS) is 10.9. The Balaban J connectivity index is 1.56. The van der Waals surface area contributed by atoms with Crippen LogP contribution in [0.5, 0.6) is 5.75 Å². The van der Waals surface area contributed by atoms with Crippen LogP contribution in [-0.2, 0) is 4.74 Å². The number of halogens is 3. The van der Waals surface area contributed by atoms with E-state index in [4.69, 9.17) is 9.47 Å². The maximum absolute atomic E-state index is 13.5. The summed E-state index contributed by atoms with van der Waals surface area (Å²) in [6.07, 6.45) is 4.35. The lowest BCUT2D eigenvalue weighted by Gasteiger charge is -2.09. The molecule has 0 N–H and O–H groups in total. The minimum absolute atomic E-state index is 0.295. The molecule has 0 aromatic heterocycles. The van der Waals surface area contributed by atoms with Gasteiger partial charge in [0.15, 0.2) is 17.5 Å². The molecule has 3 aromatic rings. The van der Waals surface area contributed by atoms with Crippen LogP contribution >= 0.6 is 0 Å². The topological polar surface area (TPSA) is 18.5 Å². The summed E-state index contributed by atoms with van der Waals surface area (Å²) < 4.78 is 50.9. The Labute approximate surface area is 175 Å². The molecule has 0 aliphatic rings. The highest BCUT2D eigenvalue weighted by Crippen LogP contribution is 2.28. The summed E-state index contributed by atoms with van der Waals surface area (Å²) >= 11 is 0. The van der Waals surface area contributed by atoms with Gasteiger partial charge in [-0.2, -0.15) is 0 Å². The van der Waals surface area contributed by atoms with E-state index < -0.39 is 17.5 Å². The molecule has 0 saturated heterocycles. The minimum atomic E-state index is -1.45. The number of rotatable bonds is 10. The summed E-state index contributed by atoms with van der Waals surface area (Å²) in [5, 5.41) is 0. The molecule has 2 nitrogen and oxygen atoms in total. The fourth-order valence-corrected chi connectivity index (χ4v) is 3.21. The van der Waals surface area contributed by atoms with Crippen molar-refractivity contribution in [3.63, 3.8) is 0 Å². The van der Waals surface area contributed by atoms with Gasteiger partial charge in [-0.3, -0.25) is 0 Å². The Hall–Kier alpha value is -2.79. The highest BCUT2D eigenvalue weighted by Gasteiger charge is 2.11. The molecular formula is C25H25F3O2. The van der Waals surface area contributed by atoms with Crippen molar-refractivity contribution in [2.24, 2.45) is 0 Å². The van der Waals surface area contributed by atoms with E-state index in [0.717, 1.165) is 61.3 Å². The molecule has 0 aliphatic heterocycles. The van der Waals surface area contributed by atoms with Gasteiger partial charge in [-0.25, -0.2) is 13.2 Å². The van der Waals surface area contributed by atoms with Crippen LogP contribution in [0.4, 0.5) is 13.2 Å². The SMILES string of the molecule is COCCCCCCOc1ccc(-c2ccc(-c3cc(F)c(F)c(F)c3)cc2)cc1. The van der Waals surface area contributed by atoms with Gasteiger partial charge in [-0.15, -0.1) is 0 Å². The third kappa shape index (κ3) is 5.86. The van der Waals surface area contributed by atoms with Crippen molar-refractivity contribution in [2.75, 3.05) is 20.3 Å². The summed E-state index contributed by atoms with van der Waals surface area (Å²) in [5.74, 6) is -3.02. The highest BCUT2D eigenvalue weighted by atomic mass is 19.2. The van der Waals surface area contributed by atoms with E-state index in [2.05, 4.69) is 0 Å². The molecule has 0 fully saturated rings. The van der Waals surface area contributed by atoms with Crippen molar-refractivity contribution in [2.45, 2.75) is 25.7 Å². The summed E-state index contributed by atoms with van der Waals surface area (Å²) in [7, 11) is 1.72. The van der Waals surface area contributed by atoms with E-state index in [1.807, 2.05) is 36.4 Å². The fourth-order valence-electron chi connectivity index (χ4n) is 3.21. The molecule has 3 aromatic carbocycles. The van der Waals surface area contributed by atoms with Crippen LogP contribution in [0.3, 0.4) is 0 Å². The monoisotopic (exact) mass is 414 g/mol. The zero-order chi connectivity index (χ0) is 21.3. The van der Waals surface area contributed by atoms with Crippen LogP contribution in [0.2, 0.25) is 0 Å². The number of methoxy groups -OCH3 is 1. The predicted octanol–water partition coefficient (Wildman–Crippen LogP) is 7.02. The number of hydrogen-bond donors (Lipinski definition) is 0. The summed E-state index contributed by atoms with van der Waals surface area (Å²) in [5.41, 5.74) is 2.88. The fraction of sp³-hybridized carbons (Fsp3) is 0.280. The maximum Gasteiger partial charge on any atom is 0.194 e. The zero-order valence-electron chi connectivity index (χ0n) is 17.0. The Kier molecular flexibility index (Phi) is 7.91. The molecule has 0 amide bonds. The first-order valence-corrected chi connectivity index (χ1v) is 10.1. The second-order valence-electron chi connectivity index (χ2n) is 7.11. The van der Waals surface area contributed by atoms with Gasteiger partial charge in [-0.1, -0.05) is 42.8 Å². The summed E-state index contributed by atoms with van der Waals surface area (Å²) in [6, 6.07) is 17.0. The van der Waals surface area contributed by atoms with Gasteiger partial charge in [0.05, 0.1) is 6.61 Å². The number of unbranched alkanes of at least 4 members (excludes halogenated alkanes) is 3. The van der Waals surface area contributed by atoms with Gasteiger partial charge < -0.3 is 9.47 Å². The lowest BCUT2D eigenvalue weighted by atomic mass is 10.00. The molecular weight excluding hydrogens is 389 g/mol. The standard InChI is InChI=1S/C25H25F3O2/c1-29-14-4-2-3-5-15-30-22-12-10-19(11-13-22)18-6-8-20(9-7-18)21-16-23(26)25(28)24(27)17-21/h6-13,16-17H,2-5,14-15H2,1H3. The molecule has 3 rings (SSSR count). The molecule has 0 bridgehead atoms. The Morgan fingerprint density at radius 3 is 1.60 bits per heavy atom. The van der Waals surface area contributed by atoms with Gasteiger partial charge in [0.1, 0.15) is 5.75 Å². The largest absolute Gasteiger partial charge is 0.494 e. The molecule has 30 heavy (non-hydrogen) atoms. The Morgan fingerprint density at radius 1 is 0.600 bits per heavy atom. The third-order valence-corrected chi connectivity index (χ3v) is 4.90. The average molecular weight is 414 g/mol. The number of hydrogen-bond acceptors (Lipinski definition) is 2. The van der Waals surface area contributed by atoms with Crippen molar-refractivity contribution in [1.29, 1.82) is 0 Å². The van der Waals surface area contributed by atoms with Gasteiger partial charge in [0.25, 0.3) is 0 Å². The second kappa shape index (κ2) is 10.8. The van der Waals surface area contributed by atoms with Crippen LogP contribution in [-0.4, -0.2) is 20.3 Å². The molecule has 0 aliphatic carbocycles. The lowest BCUT2D eigenvalue weighted by molar-refractivity contribution is 0.191. The van der Waals surface area contributed by atoms with Crippen molar-refractivity contribution >= 4 is 0 Å². The minimum Gasteiger partial charge on any atom is -0.494 e. The third-order valence-electron chi connectivity index (χ3n) is 4.90. The lowest BCUT2D eigenvalue weighted by Crippen LogP contribution is -1.97. The van der Waals surface area contributed by atoms with Crippen molar-refractivity contribution in [3.05, 3.63) is 78.1 Å². The zero-order valence-corrected chi connectivity index (χ0v) is 17.0. The maximum atomic E-state index is 13.5. The molecule has 0 heterocycles. The van der Waals surface area contributed by atoms with E-state index in [1.165, 1.54) is 0 Å². The van der Waals surface area contributed by atoms with E-state index >= 15 is 0 Å². The predicted molar refractivity (Wildman–Crippen MR) is 113 cm³/mol. The van der Waals surface area contributed by atoms with Gasteiger partial charge in [-0.05, 0) is 65.8 Å². The number of benzene rings is 3. The number of ether oxygens (including phenoxy) is 2. The van der Waals surface area contributed by atoms with Crippen LogP contribution in [0.25, 0.3) is 22.3 Å². The van der Waals surface area contributed by atoms with Crippen LogP contribution in [0.1, 0.15) is 25.7 Å². The molecule has 158 valence electrons. The smallest absolute Gasteiger partial charge is 0.194 e. The van der Waals surface area contributed by atoms with Crippen molar-refractivity contribution in [3.8, 4) is 28.0 Å². The van der Waals surface area contributed by atoms with Gasteiger partial charge >= 0.3 is 0 Å². The average Bonchev–Trinajstić information content (AvgIpc) is 2.77. The first kappa shape index (κ1) is 21.9. The van der Waals surface area contributed by atoms with E-state index in [9.17, 15) is 13.2 Å². The highest BCUT2D eigenvalue weighted by molar-refractivity contribution is 5.70. The van der Waals surface area contributed by atoms with E-state index in [0.29, 0.717) is 17.7 Å². The quantitative estimate of drug-likeness (QED) is 0.262. The molecule has 0 saturated carbocycles.